The van der Waals surface area contributed by atoms with Gasteiger partial charge < -0.3 is 9.47 Å². The van der Waals surface area contributed by atoms with Crippen LogP contribution in [0.15, 0.2) is 382 Å². The summed E-state index contributed by atoms with van der Waals surface area (Å²) >= 11 is 0. The van der Waals surface area contributed by atoms with Gasteiger partial charge in [-0.1, -0.05) is 309 Å². The lowest BCUT2D eigenvalue weighted by Crippen LogP contribution is -2.28. The standard InChI is InChI=1S/C95H66N2/c1-10-30-66(31-11-1)58-71(68-32-12-2-13-33-68)59-67-50-54-81-83-56-52-70(64-90(83)94(88(81)60-67,73-34-14-3-15-35-73)74-36-16-4-17-37-74)86-61-72(62-87-85-48-28-29-49-92(85)97(93(86)87)79-46-26-9-27-47-79)69-51-55-82-84-57-53-80(96(77-42-22-7-23-43-77)78-44-24-8-25-45-78)65-91(84)95(89(82)63-69,75-38-18-5-19-39-75)76-40-20-6-21-41-76/h1-58,60-65H,59H2/b71-58-. The predicted octanol–water partition coefficient (Wildman–Crippen LogP) is 24.1. The molecule has 0 aliphatic heterocycles. The molecule has 456 valence electrons. The molecule has 0 bridgehead atoms. The van der Waals surface area contributed by atoms with Gasteiger partial charge in [0, 0.05) is 39.1 Å². The number of allylic oxidation sites excluding steroid dienone is 1. The first kappa shape index (κ1) is 57.3. The first-order valence-electron chi connectivity index (χ1n) is 33.8. The van der Waals surface area contributed by atoms with E-state index in [0.29, 0.717) is 0 Å². The maximum atomic E-state index is 2.56. The Morgan fingerprint density at radius 3 is 1.27 bits per heavy atom. The molecule has 16 aromatic rings. The number of nitrogens with zero attached hydrogens (tertiary/aromatic N) is 2. The van der Waals surface area contributed by atoms with Crippen LogP contribution < -0.4 is 4.90 Å². The number of aromatic nitrogens is 1. The number of rotatable bonds is 14. The van der Waals surface area contributed by atoms with Gasteiger partial charge in [0.2, 0.25) is 0 Å². The maximum Gasteiger partial charge on any atom is 0.0714 e. The second-order valence-electron chi connectivity index (χ2n) is 25.8. The molecule has 0 N–H and O–H groups in total. The fourth-order valence-corrected chi connectivity index (χ4v) is 16.4. The predicted molar refractivity (Wildman–Crippen MR) is 405 cm³/mol. The van der Waals surface area contributed by atoms with Crippen molar-refractivity contribution in [1.29, 1.82) is 0 Å². The summed E-state index contributed by atoms with van der Waals surface area (Å²) in [6, 6.07) is 142. The smallest absolute Gasteiger partial charge is 0.0714 e. The van der Waals surface area contributed by atoms with Gasteiger partial charge in [-0.2, -0.15) is 0 Å². The third kappa shape index (κ3) is 9.47. The molecule has 1 aromatic heterocycles. The highest BCUT2D eigenvalue weighted by Gasteiger charge is 2.48. The highest BCUT2D eigenvalue weighted by atomic mass is 15.1. The van der Waals surface area contributed by atoms with E-state index in [2.05, 4.69) is 398 Å². The highest BCUT2D eigenvalue weighted by Crippen LogP contribution is 2.60. The second kappa shape index (κ2) is 23.9. The Hall–Kier alpha value is -12.4. The van der Waals surface area contributed by atoms with Crippen LogP contribution in [0.1, 0.15) is 61.2 Å². The molecule has 0 atom stereocenters. The van der Waals surface area contributed by atoms with Crippen LogP contribution in [0.4, 0.5) is 17.1 Å². The quantitative estimate of drug-likeness (QED) is 0.0985. The third-order valence-electron chi connectivity index (χ3n) is 20.5. The molecule has 97 heavy (non-hydrogen) atoms. The number of hydrogen-bond acceptors (Lipinski definition) is 1. The van der Waals surface area contributed by atoms with E-state index >= 15 is 0 Å². The molecular formula is C95H66N2. The van der Waals surface area contributed by atoms with E-state index in [9.17, 15) is 0 Å². The summed E-state index contributed by atoms with van der Waals surface area (Å²) in [6.07, 6.45) is 3.12. The van der Waals surface area contributed by atoms with Crippen LogP contribution in [-0.2, 0) is 17.3 Å². The summed E-state index contributed by atoms with van der Waals surface area (Å²) in [4.78, 5) is 2.39. The van der Waals surface area contributed by atoms with Crippen molar-refractivity contribution >= 4 is 50.5 Å². The van der Waals surface area contributed by atoms with E-state index in [1.54, 1.807) is 0 Å². The molecule has 0 radical (unpaired) electrons. The lowest BCUT2D eigenvalue weighted by molar-refractivity contribution is 0.767. The van der Waals surface area contributed by atoms with Gasteiger partial charge in [0.1, 0.15) is 0 Å². The molecule has 1 heterocycles. The van der Waals surface area contributed by atoms with E-state index < -0.39 is 10.8 Å². The van der Waals surface area contributed by atoms with Gasteiger partial charge in [0.25, 0.3) is 0 Å². The molecule has 2 aliphatic rings. The summed E-state index contributed by atoms with van der Waals surface area (Å²) in [5.74, 6) is 0. The van der Waals surface area contributed by atoms with Crippen molar-refractivity contribution in [1.82, 2.24) is 4.57 Å². The molecule has 0 spiro atoms. The van der Waals surface area contributed by atoms with E-state index in [1.807, 2.05) is 0 Å². The molecule has 0 saturated carbocycles. The number of fused-ring (bicyclic) bond motifs is 9. The topological polar surface area (TPSA) is 8.17 Å². The van der Waals surface area contributed by atoms with Crippen molar-refractivity contribution in [3.8, 4) is 50.2 Å². The van der Waals surface area contributed by atoms with Crippen molar-refractivity contribution in [2.45, 2.75) is 17.3 Å². The molecule has 0 amide bonds. The number of anilines is 3. The molecule has 0 saturated heterocycles. The van der Waals surface area contributed by atoms with Crippen LogP contribution >= 0.6 is 0 Å². The fourth-order valence-electron chi connectivity index (χ4n) is 16.4. The summed E-state index contributed by atoms with van der Waals surface area (Å²) in [5, 5.41) is 2.40. The molecule has 18 rings (SSSR count). The number of benzene rings is 15. The summed E-state index contributed by atoms with van der Waals surface area (Å²) in [5.41, 5.74) is 29.9. The zero-order chi connectivity index (χ0) is 64.3. The molecule has 2 aliphatic carbocycles. The van der Waals surface area contributed by atoms with Crippen LogP contribution in [0.25, 0.3) is 83.6 Å². The first-order chi connectivity index (χ1) is 48.1. The van der Waals surface area contributed by atoms with Crippen molar-refractivity contribution in [2.24, 2.45) is 0 Å². The van der Waals surface area contributed by atoms with Crippen LogP contribution in [0, 0.1) is 0 Å². The van der Waals surface area contributed by atoms with E-state index in [0.717, 1.165) is 56.9 Å². The lowest BCUT2D eigenvalue weighted by atomic mass is 9.67. The largest absolute Gasteiger partial charge is 0.310 e. The van der Waals surface area contributed by atoms with Gasteiger partial charge in [-0.15, -0.1) is 0 Å². The summed E-state index contributed by atoms with van der Waals surface area (Å²) in [7, 11) is 0. The van der Waals surface area contributed by atoms with Crippen molar-refractivity contribution < 1.29 is 0 Å². The Kier molecular flexibility index (Phi) is 14.1. The average molecular weight is 1240 g/mol. The van der Waals surface area contributed by atoms with Crippen LogP contribution in [0.3, 0.4) is 0 Å². The van der Waals surface area contributed by atoms with Gasteiger partial charge in [0.15, 0.2) is 0 Å². The third-order valence-corrected chi connectivity index (χ3v) is 20.5. The average Bonchev–Trinajstić information content (AvgIpc) is 1.56. The minimum absolute atomic E-state index is 0.676. The van der Waals surface area contributed by atoms with Crippen molar-refractivity contribution in [3.63, 3.8) is 0 Å². The molecule has 0 unspecified atom stereocenters. The van der Waals surface area contributed by atoms with Crippen molar-refractivity contribution in [3.05, 3.63) is 443 Å². The highest BCUT2D eigenvalue weighted by molar-refractivity contribution is 6.15. The normalized spacial score (nSPS) is 13.2. The van der Waals surface area contributed by atoms with Crippen LogP contribution in [-0.4, -0.2) is 4.57 Å². The van der Waals surface area contributed by atoms with Gasteiger partial charge >= 0.3 is 0 Å². The Morgan fingerprint density at radius 1 is 0.299 bits per heavy atom. The Labute approximate surface area is 567 Å². The summed E-state index contributed by atoms with van der Waals surface area (Å²) in [6.45, 7) is 0. The Balaban J connectivity index is 0.871. The summed E-state index contributed by atoms with van der Waals surface area (Å²) < 4.78 is 2.51. The molecule has 2 heteroatoms. The van der Waals surface area contributed by atoms with E-state index in [-0.39, 0.29) is 0 Å². The monoisotopic (exact) mass is 1230 g/mol. The van der Waals surface area contributed by atoms with E-state index in [4.69, 9.17) is 0 Å². The molecule has 0 fully saturated rings. The van der Waals surface area contributed by atoms with Gasteiger partial charge in [-0.05, 0) is 191 Å². The SMILES string of the molecule is C(=C(\Cc1ccc2c(c1)C(c1ccccc1)(c1ccccc1)c1cc(-c3cc(-c4ccc5c(c4)C(c4ccccc4)(c4ccccc4)c4cc(N(c6ccccc6)c6ccccc6)ccc4-5)cc4c5ccccc5n(-c5ccccc5)c34)ccc1-2)c1ccccc1)/c1ccccc1. The zero-order valence-corrected chi connectivity index (χ0v) is 53.6. The van der Waals surface area contributed by atoms with Crippen molar-refractivity contribution in [2.75, 3.05) is 4.90 Å². The number of hydrogen-bond donors (Lipinski definition) is 0. The van der Waals surface area contributed by atoms with Gasteiger partial charge in [-0.3, -0.25) is 0 Å². The van der Waals surface area contributed by atoms with Crippen LogP contribution in [0.5, 0.6) is 0 Å². The second-order valence-corrected chi connectivity index (χ2v) is 25.8. The number of para-hydroxylation sites is 4. The molecular weight excluding hydrogens is 1170 g/mol. The van der Waals surface area contributed by atoms with Crippen LogP contribution in [0.2, 0.25) is 0 Å². The van der Waals surface area contributed by atoms with Gasteiger partial charge in [0.05, 0.1) is 21.9 Å². The Morgan fingerprint density at radius 2 is 0.722 bits per heavy atom. The minimum Gasteiger partial charge on any atom is -0.310 e. The fraction of sp³-hybridized carbons (Fsp3) is 0.0316. The molecule has 15 aromatic carbocycles. The Bertz CT molecular complexity index is 5490. The van der Waals surface area contributed by atoms with E-state index in [1.165, 1.54) is 105 Å². The van der Waals surface area contributed by atoms with Gasteiger partial charge in [-0.25, -0.2) is 0 Å². The minimum atomic E-state index is -0.692. The molecule has 2 nitrogen and oxygen atoms in total. The maximum absolute atomic E-state index is 2.56. The lowest BCUT2D eigenvalue weighted by Gasteiger charge is -2.35. The first-order valence-corrected chi connectivity index (χ1v) is 33.8. The zero-order valence-electron chi connectivity index (χ0n) is 53.6.